The van der Waals surface area contributed by atoms with Crippen molar-refractivity contribution < 1.29 is 4.42 Å². The van der Waals surface area contributed by atoms with Crippen LogP contribution in [-0.2, 0) is 16.2 Å². The zero-order chi connectivity index (χ0) is 52.4. The summed E-state index contributed by atoms with van der Waals surface area (Å²) in [5.74, 6) is 0. The predicted octanol–water partition coefficient (Wildman–Crippen LogP) is 17.6. The molecule has 0 spiro atoms. The minimum absolute atomic E-state index is 0.0568. The van der Waals surface area contributed by atoms with E-state index in [4.69, 9.17) is 4.42 Å². The maximum absolute atomic E-state index is 7.31. The van der Waals surface area contributed by atoms with E-state index in [2.05, 4.69) is 277 Å². The molecule has 15 rings (SSSR count). The fourth-order valence-electron chi connectivity index (χ4n) is 13.3. The van der Waals surface area contributed by atoms with Gasteiger partial charge in [-0.15, -0.1) is 0 Å². The van der Waals surface area contributed by atoms with Crippen LogP contribution in [0.2, 0.25) is 0 Å². The molecule has 0 amide bonds. The van der Waals surface area contributed by atoms with Crippen molar-refractivity contribution in [1.82, 2.24) is 9.13 Å². The number of furan rings is 1. The molecule has 0 fully saturated rings. The summed E-state index contributed by atoms with van der Waals surface area (Å²) in [5, 5.41) is 7.21. The Morgan fingerprint density at radius 1 is 0.377 bits per heavy atom. The highest BCUT2D eigenvalue weighted by molar-refractivity contribution is 7.01. The third kappa shape index (κ3) is 6.65. The predicted molar refractivity (Wildman–Crippen MR) is 329 cm³/mol. The van der Waals surface area contributed by atoms with E-state index in [0.29, 0.717) is 0 Å². The third-order valence-electron chi connectivity index (χ3n) is 17.1. The molecule has 0 saturated carbocycles. The zero-order valence-corrected chi connectivity index (χ0v) is 45.4. The van der Waals surface area contributed by atoms with Crippen LogP contribution in [0.1, 0.15) is 79.0 Å². The van der Waals surface area contributed by atoms with Gasteiger partial charge >= 0.3 is 0 Å². The van der Waals surface area contributed by atoms with Gasteiger partial charge in [0.15, 0.2) is 0 Å². The maximum atomic E-state index is 7.31. The number of rotatable bonds is 4. The molecule has 0 aliphatic carbocycles. The summed E-state index contributed by atoms with van der Waals surface area (Å²) in [7, 11) is 0. The van der Waals surface area contributed by atoms with E-state index < -0.39 is 0 Å². The molecule has 0 radical (unpaired) electrons. The first-order chi connectivity index (χ1) is 37.1. The van der Waals surface area contributed by atoms with Crippen molar-refractivity contribution in [3.8, 4) is 33.6 Å². The fraction of sp³-hybridized carbons (Fsp3) is 0.167. The summed E-state index contributed by atoms with van der Waals surface area (Å²) in [5.41, 5.74) is 24.6. The Morgan fingerprint density at radius 2 is 0.935 bits per heavy atom. The molecule has 13 aromatic rings. The zero-order valence-electron chi connectivity index (χ0n) is 45.4. The van der Waals surface area contributed by atoms with Crippen LogP contribution in [0.5, 0.6) is 0 Å². The fourth-order valence-corrected chi connectivity index (χ4v) is 13.3. The minimum atomic E-state index is -0.209. The Morgan fingerprint density at radius 3 is 1.58 bits per heavy atom. The molecule has 5 heterocycles. The molecule has 0 N–H and O–H groups in total. The summed E-state index contributed by atoms with van der Waals surface area (Å²) in [6.07, 6.45) is 0. The van der Waals surface area contributed by atoms with Crippen LogP contribution in [0.4, 0.5) is 17.1 Å². The first kappa shape index (κ1) is 45.8. The summed E-state index contributed by atoms with van der Waals surface area (Å²) in [4.78, 5) is 2.71. The molecule has 2 aliphatic rings. The topological polar surface area (TPSA) is 26.2 Å². The van der Waals surface area contributed by atoms with Crippen LogP contribution < -0.4 is 21.3 Å². The Labute approximate surface area is 450 Å². The minimum Gasteiger partial charge on any atom is -0.457 e. The normalized spacial score (nSPS) is 13.5. The second-order valence-corrected chi connectivity index (χ2v) is 24.9. The smallest absolute Gasteiger partial charge is 0.257 e. The first-order valence-electron chi connectivity index (χ1n) is 27.5. The van der Waals surface area contributed by atoms with Gasteiger partial charge in [-0.3, -0.25) is 0 Å². The Balaban J connectivity index is 1.18. The van der Waals surface area contributed by atoms with E-state index in [1.54, 1.807) is 0 Å². The second kappa shape index (κ2) is 16.0. The van der Waals surface area contributed by atoms with E-state index in [1.165, 1.54) is 122 Å². The van der Waals surface area contributed by atoms with Crippen molar-refractivity contribution in [2.24, 2.45) is 0 Å². The molecule has 0 unspecified atom stereocenters. The molecule has 372 valence electrons. The molecular formula is C72H60BN3O. The Kier molecular flexibility index (Phi) is 9.52. The summed E-state index contributed by atoms with van der Waals surface area (Å²) in [6.45, 7) is 20.8. The highest BCUT2D eigenvalue weighted by Gasteiger charge is 2.46. The largest absolute Gasteiger partial charge is 0.457 e. The standard InChI is InChI=1S/C72H60BN3O/c1-70(2,3)45-24-19-22-43(36-45)49-31-21-32-50(44-23-20-25-46(37-44)71(4,5)6)67(49)76-61-41-54-51-28-13-16-33-58(51)74(48-26-11-10-12-27-48)60(54)42-57(61)73-65-62(38-47(39-63(65)76)72(7,8)9)75-59-34-17-14-29-52(59)55-40-56-53-30-15-18-35-64(53)77-69(56)66(73)68(55)75/h10-42H,1-9H3. The Hall–Kier alpha value is -8.54. The monoisotopic (exact) mass is 993 g/mol. The molecule has 3 aromatic heterocycles. The van der Waals surface area contributed by atoms with Crippen molar-refractivity contribution in [2.75, 3.05) is 4.90 Å². The Bertz CT molecular complexity index is 4560. The highest BCUT2D eigenvalue weighted by Crippen LogP contribution is 2.52. The van der Waals surface area contributed by atoms with Crippen LogP contribution in [0.25, 0.3) is 99.2 Å². The van der Waals surface area contributed by atoms with Gasteiger partial charge in [0.2, 0.25) is 0 Å². The number of aromatic nitrogens is 2. The summed E-state index contributed by atoms with van der Waals surface area (Å²) >= 11 is 0. The quantitative estimate of drug-likeness (QED) is 0.164. The molecule has 10 aromatic carbocycles. The SMILES string of the molecule is CC(C)(C)c1cccc(-c2cccc(-c3cccc(C(C)(C)C)c3)c2N2c3cc4c5ccccc5n(-c5ccccc5)c4cc3B3c4c2cc(C(C)(C)C)cc4-n2c4ccccc4c4cc5c(oc6ccccc65)c3c42)c1. The molecule has 4 nitrogen and oxygen atoms in total. The number of anilines is 3. The van der Waals surface area contributed by atoms with E-state index in [-0.39, 0.29) is 23.0 Å². The number of hydrogen-bond acceptors (Lipinski definition) is 2. The van der Waals surface area contributed by atoms with E-state index in [9.17, 15) is 0 Å². The molecule has 5 heteroatoms. The van der Waals surface area contributed by atoms with Crippen molar-refractivity contribution in [3.63, 3.8) is 0 Å². The van der Waals surface area contributed by atoms with Crippen LogP contribution in [-0.4, -0.2) is 15.8 Å². The van der Waals surface area contributed by atoms with Gasteiger partial charge in [0.05, 0.1) is 27.8 Å². The van der Waals surface area contributed by atoms with Gasteiger partial charge in [0.1, 0.15) is 11.2 Å². The van der Waals surface area contributed by atoms with Crippen molar-refractivity contribution in [3.05, 3.63) is 217 Å². The van der Waals surface area contributed by atoms with Gasteiger partial charge in [-0.05, 0) is 121 Å². The molecule has 0 saturated heterocycles. The van der Waals surface area contributed by atoms with E-state index in [1.807, 2.05) is 0 Å². The number of hydrogen-bond donors (Lipinski definition) is 0. The lowest BCUT2D eigenvalue weighted by atomic mass is 9.33. The lowest BCUT2D eigenvalue weighted by Gasteiger charge is -2.42. The highest BCUT2D eigenvalue weighted by atomic mass is 16.3. The number of para-hydroxylation sites is 5. The molecular weight excluding hydrogens is 934 g/mol. The van der Waals surface area contributed by atoms with Gasteiger partial charge in [-0.25, -0.2) is 0 Å². The third-order valence-corrected chi connectivity index (χ3v) is 17.1. The molecule has 0 atom stereocenters. The lowest BCUT2D eigenvalue weighted by molar-refractivity contribution is 0.590. The van der Waals surface area contributed by atoms with Crippen LogP contribution in [0, 0.1) is 0 Å². The van der Waals surface area contributed by atoms with Crippen molar-refractivity contribution in [2.45, 2.75) is 78.6 Å². The van der Waals surface area contributed by atoms with Crippen molar-refractivity contribution in [1.29, 1.82) is 0 Å². The number of nitrogens with zero attached hydrogens (tertiary/aromatic N) is 3. The first-order valence-corrected chi connectivity index (χ1v) is 27.5. The average molecular weight is 994 g/mol. The summed E-state index contributed by atoms with van der Waals surface area (Å²) < 4.78 is 12.4. The van der Waals surface area contributed by atoms with Gasteiger partial charge in [-0.2, -0.15) is 0 Å². The maximum Gasteiger partial charge on any atom is 0.257 e. The van der Waals surface area contributed by atoms with Crippen LogP contribution in [0.15, 0.2) is 205 Å². The number of benzene rings is 10. The van der Waals surface area contributed by atoms with Gasteiger partial charge < -0.3 is 18.5 Å². The summed E-state index contributed by atoms with van der Waals surface area (Å²) in [6, 6.07) is 75.9. The van der Waals surface area contributed by atoms with E-state index >= 15 is 0 Å². The van der Waals surface area contributed by atoms with Crippen LogP contribution >= 0.6 is 0 Å². The second-order valence-electron chi connectivity index (χ2n) is 24.9. The lowest BCUT2D eigenvalue weighted by Crippen LogP contribution is -2.60. The molecule has 0 bridgehead atoms. The molecule has 2 aliphatic heterocycles. The average Bonchev–Trinajstić information content (AvgIpc) is 3.81. The van der Waals surface area contributed by atoms with Gasteiger partial charge in [0, 0.05) is 66.2 Å². The number of fused-ring (bicyclic) bond motifs is 14. The molecule has 77 heavy (non-hydrogen) atoms. The van der Waals surface area contributed by atoms with Crippen molar-refractivity contribution >= 4 is 106 Å². The van der Waals surface area contributed by atoms with E-state index in [0.717, 1.165) is 27.6 Å². The van der Waals surface area contributed by atoms with Gasteiger partial charge in [-0.1, -0.05) is 202 Å². The van der Waals surface area contributed by atoms with Crippen LogP contribution in [0.3, 0.4) is 0 Å². The van der Waals surface area contributed by atoms with Gasteiger partial charge in [0.25, 0.3) is 6.71 Å².